The molecule has 132 valence electrons. The lowest BCUT2D eigenvalue weighted by Gasteiger charge is -2.15. The molecule has 2 aromatic rings. The van der Waals surface area contributed by atoms with Crippen LogP contribution in [-0.4, -0.2) is 30.7 Å². The number of carbonyl (C=O) groups excluding carboxylic acids is 2. The van der Waals surface area contributed by atoms with Gasteiger partial charge < -0.3 is 10.2 Å². The molecule has 2 amide bonds. The third-order valence-electron chi connectivity index (χ3n) is 4.10. The van der Waals surface area contributed by atoms with E-state index in [1.165, 1.54) is 5.56 Å². The standard InChI is InChI=1S/C19H22N2O2S2/c22-18(20-8-11-25-14-16-7-10-24-13-16)12-15-3-5-17(6-4-15)21-9-1-2-19(21)23/h3-7,10,13H,1-2,8-9,11-12,14H2,(H,20,22). The fourth-order valence-corrected chi connectivity index (χ4v) is 4.37. The van der Waals surface area contributed by atoms with E-state index < -0.39 is 0 Å². The van der Waals surface area contributed by atoms with Crippen molar-refractivity contribution in [3.63, 3.8) is 0 Å². The number of nitrogens with one attached hydrogen (secondary N) is 1. The van der Waals surface area contributed by atoms with Crippen molar-refractivity contribution < 1.29 is 9.59 Å². The number of thiophene rings is 1. The highest BCUT2D eigenvalue weighted by Gasteiger charge is 2.21. The van der Waals surface area contributed by atoms with Crippen LogP contribution in [0.4, 0.5) is 5.69 Å². The molecule has 2 heterocycles. The van der Waals surface area contributed by atoms with Gasteiger partial charge in [0.15, 0.2) is 0 Å². The fraction of sp³-hybridized carbons (Fsp3) is 0.368. The Morgan fingerprint density at radius 1 is 1.20 bits per heavy atom. The van der Waals surface area contributed by atoms with Gasteiger partial charge in [0.1, 0.15) is 0 Å². The molecule has 1 aromatic carbocycles. The molecule has 0 aliphatic carbocycles. The molecule has 1 aliphatic heterocycles. The molecular weight excluding hydrogens is 352 g/mol. The molecule has 0 saturated carbocycles. The lowest BCUT2D eigenvalue weighted by molar-refractivity contribution is -0.120. The van der Waals surface area contributed by atoms with Gasteiger partial charge in [0.2, 0.25) is 11.8 Å². The van der Waals surface area contributed by atoms with Gasteiger partial charge in [0, 0.05) is 36.7 Å². The first-order chi connectivity index (χ1) is 12.2. The number of thioether (sulfide) groups is 1. The van der Waals surface area contributed by atoms with E-state index in [9.17, 15) is 9.59 Å². The van der Waals surface area contributed by atoms with Gasteiger partial charge >= 0.3 is 0 Å². The third kappa shape index (κ3) is 5.34. The molecule has 1 N–H and O–H groups in total. The fourth-order valence-electron chi connectivity index (χ4n) is 2.79. The molecule has 6 heteroatoms. The van der Waals surface area contributed by atoms with Crippen molar-refractivity contribution in [1.29, 1.82) is 0 Å². The van der Waals surface area contributed by atoms with Crippen molar-refractivity contribution in [2.75, 3.05) is 23.7 Å². The number of rotatable bonds is 8. The van der Waals surface area contributed by atoms with E-state index >= 15 is 0 Å². The maximum Gasteiger partial charge on any atom is 0.227 e. The van der Waals surface area contributed by atoms with Crippen molar-refractivity contribution in [2.24, 2.45) is 0 Å². The lowest BCUT2D eigenvalue weighted by atomic mass is 10.1. The summed E-state index contributed by atoms with van der Waals surface area (Å²) in [6.07, 6.45) is 1.94. The highest BCUT2D eigenvalue weighted by molar-refractivity contribution is 7.98. The van der Waals surface area contributed by atoms with Gasteiger partial charge in [-0.3, -0.25) is 9.59 Å². The summed E-state index contributed by atoms with van der Waals surface area (Å²) in [5, 5.41) is 7.21. The smallest absolute Gasteiger partial charge is 0.227 e. The zero-order chi connectivity index (χ0) is 17.5. The molecule has 0 atom stereocenters. The second-order valence-corrected chi connectivity index (χ2v) is 7.91. The molecule has 0 radical (unpaired) electrons. The summed E-state index contributed by atoms with van der Waals surface area (Å²) >= 11 is 3.54. The van der Waals surface area contributed by atoms with Crippen LogP contribution in [0.3, 0.4) is 0 Å². The number of hydrogen-bond acceptors (Lipinski definition) is 4. The normalized spacial score (nSPS) is 14.1. The molecule has 0 bridgehead atoms. The van der Waals surface area contributed by atoms with Crippen molar-refractivity contribution >= 4 is 40.6 Å². The van der Waals surface area contributed by atoms with E-state index in [0.717, 1.165) is 35.7 Å². The van der Waals surface area contributed by atoms with Gasteiger partial charge in [0.25, 0.3) is 0 Å². The summed E-state index contributed by atoms with van der Waals surface area (Å²) < 4.78 is 0. The number of anilines is 1. The minimum atomic E-state index is 0.0427. The average Bonchev–Trinajstić information content (AvgIpc) is 3.27. The summed E-state index contributed by atoms with van der Waals surface area (Å²) in [6, 6.07) is 9.87. The van der Waals surface area contributed by atoms with Gasteiger partial charge in [-0.05, 0) is 46.5 Å². The van der Waals surface area contributed by atoms with E-state index in [0.29, 0.717) is 19.4 Å². The van der Waals surface area contributed by atoms with Crippen molar-refractivity contribution in [3.05, 3.63) is 52.2 Å². The molecule has 1 saturated heterocycles. The Labute approximate surface area is 156 Å². The van der Waals surface area contributed by atoms with E-state index in [1.54, 1.807) is 11.3 Å². The topological polar surface area (TPSA) is 49.4 Å². The van der Waals surface area contributed by atoms with Crippen LogP contribution in [-0.2, 0) is 21.8 Å². The average molecular weight is 375 g/mol. The van der Waals surface area contributed by atoms with E-state index in [1.807, 2.05) is 40.9 Å². The number of carbonyl (C=O) groups is 2. The van der Waals surface area contributed by atoms with E-state index in [4.69, 9.17) is 0 Å². The minimum Gasteiger partial charge on any atom is -0.355 e. The van der Waals surface area contributed by atoms with Crippen LogP contribution in [0.15, 0.2) is 41.1 Å². The lowest BCUT2D eigenvalue weighted by Crippen LogP contribution is -2.27. The second kappa shape index (κ2) is 9.06. The Morgan fingerprint density at radius 3 is 2.72 bits per heavy atom. The minimum absolute atomic E-state index is 0.0427. The Morgan fingerprint density at radius 2 is 2.04 bits per heavy atom. The predicted molar refractivity (Wildman–Crippen MR) is 105 cm³/mol. The first kappa shape index (κ1) is 18.0. The van der Waals surface area contributed by atoms with Crippen LogP contribution < -0.4 is 10.2 Å². The van der Waals surface area contributed by atoms with Gasteiger partial charge in [0.05, 0.1) is 6.42 Å². The maximum atomic E-state index is 12.0. The summed E-state index contributed by atoms with van der Waals surface area (Å²) in [4.78, 5) is 25.6. The zero-order valence-corrected chi connectivity index (χ0v) is 15.7. The Hall–Kier alpha value is -1.79. The van der Waals surface area contributed by atoms with Gasteiger partial charge in [-0.25, -0.2) is 0 Å². The molecule has 0 spiro atoms. The number of nitrogens with zero attached hydrogens (tertiary/aromatic N) is 1. The van der Waals surface area contributed by atoms with Crippen LogP contribution in [0, 0.1) is 0 Å². The number of benzene rings is 1. The Kier molecular flexibility index (Phi) is 6.53. The van der Waals surface area contributed by atoms with E-state index in [2.05, 4.69) is 22.1 Å². The summed E-state index contributed by atoms with van der Waals surface area (Å²) in [6.45, 7) is 1.48. The van der Waals surface area contributed by atoms with E-state index in [-0.39, 0.29) is 11.8 Å². The van der Waals surface area contributed by atoms with Gasteiger partial charge in [-0.2, -0.15) is 23.1 Å². The highest BCUT2D eigenvalue weighted by Crippen LogP contribution is 2.21. The van der Waals surface area contributed by atoms with Crippen LogP contribution >= 0.6 is 23.1 Å². The maximum absolute atomic E-state index is 12.0. The van der Waals surface area contributed by atoms with Crippen LogP contribution in [0.25, 0.3) is 0 Å². The first-order valence-corrected chi connectivity index (χ1v) is 10.6. The zero-order valence-electron chi connectivity index (χ0n) is 14.1. The molecule has 0 unspecified atom stereocenters. The van der Waals surface area contributed by atoms with Crippen LogP contribution in [0.5, 0.6) is 0 Å². The summed E-state index contributed by atoms with van der Waals surface area (Å²) in [5.74, 6) is 2.14. The molecule has 1 fully saturated rings. The number of amides is 2. The monoisotopic (exact) mass is 374 g/mol. The van der Waals surface area contributed by atoms with Crippen molar-refractivity contribution in [1.82, 2.24) is 5.32 Å². The molecule has 1 aliphatic rings. The molecule has 1 aromatic heterocycles. The SMILES string of the molecule is O=C(Cc1ccc(N2CCCC2=O)cc1)NCCSCc1ccsc1. The van der Waals surface area contributed by atoms with Gasteiger partial charge in [-0.1, -0.05) is 12.1 Å². The predicted octanol–water partition coefficient (Wildman–Crippen LogP) is 3.47. The van der Waals surface area contributed by atoms with Crippen LogP contribution in [0.2, 0.25) is 0 Å². The summed E-state index contributed by atoms with van der Waals surface area (Å²) in [7, 11) is 0. The molecule has 25 heavy (non-hydrogen) atoms. The second-order valence-electron chi connectivity index (χ2n) is 6.03. The molecular formula is C19H22N2O2S2. The Bertz CT molecular complexity index is 699. The van der Waals surface area contributed by atoms with Crippen LogP contribution in [0.1, 0.15) is 24.0 Å². The quantitative estimate of drug-likeness (QED) is 0.720. The number of hydrogen-bond donors (Lipinski definition) is 1. The van der Waals surface area contributed by atoms with Crippen molar-refractivity contribution in [2.45, 2.75) is 25.0 Å². The van der Waals surface area contributed by atoms with Crippen molar-refractivity contribution in [3.8, 4) is 0 Å². The largest absolute Gasteiger partial charge is 0.355 e. The molecule has 3 rings (SSSR count). The third-order valence-corrected chi connectivity index (χ3v) is 5.87. The highest BCUT2D eigenvalue weighted by atomic mass is 32.2. The van der Waals surface area contributed by atoms with Gasteiger partial charge in [-0.15, -0.1) is 0 Å². The molecule has 4 nitrogen and oxygen atoms in total. The Balaban J connectivity index is 1.36. The first-order valence-electron chi connectivity index (χ1n) is 8.47. The summed E-state index contributed by atoms with van der Waals surface area (Å²) in [5.41, 5.74) is 3.24.